The zero-order valence-corrected chi connectivity index (χ0v) is 15.0. The normalized spacial score (nSPS) is 11.7. The Kier molecular flexibility index (Phi) is 6.93. The molecule has 0 spiro atoms. The van der Waals surface area contributed by atoms with Gasteiger partial charge in [0, 0.05) is 4.90 Å². The van der Waals surface area contributed by atoms with Crippen molar-refractivity contribution < 1.29 is 27.5 Å². The Bertz CT molecular complexity index is 835. The van der Waals surface area contributed by atoms with Crippen molar-refractivity contribution in [2.75, 3.05) is 11.1 Å². The lowest BCUT2D eigenvalue weighted by Gasteiger charge is -2.14. The van der Waals surface area contributed by atoms with E-state index in [1.54, 1.807) is 24.3 Å². The minimum atomic E-state index is -1.71. The van der Waals surface area contributed by atoms with Crippen LogP contribution in [0.3, 0.4) is 0 Å². The number of esters is 1. The van der Waals surface area contributed by atoms with Gasteiger partial charge in [0.2, 0.25) is 0 Å². The summed E-state index contributed by atoms with van der Waals surface area (Å²) in [5.74, 6) is -6.29. The van der Waals surface area contributed by atoms with Crippen LogP contribution in [0.1, 0.15) is 6.92 Å². The average Bonchev–Trinajstić information content (AvgIpc) is 2.61. The van der Waals surface area contributed by atoms with Crippen molar-refractivity contribution in [1.29, 1.82) is 0 Å². The molecule has 0 heterocycles. The topological polar surface area (TPSA) is 55.4 Å². The summed E-state index contributed by atoms with van der Waals surface area (Å²) < 4.78 is 44.5. The molecule has 1 amide bonds. The lowest BCUT2D eigenvalue weighted by molar-refractivity contribution is -0.150. The van der Waals surface area contributed by atoms with Gasteiger partial charge in [-0.1, -0.05) is 23.7 Å². The van der Waals surface area contributed by atoms with Crippen LogP contribution in [0.5, 0.6) is 0 Å². The molecule has 2 rings (SSSR count). The monoisotopic (exact) mass is 403 g/mol. The van der Waals surface area contributed by atoms with Crippen molar-refractivity contribution in [3.63, 3.8) is 0 Å². The predicted octanol–water partition coefficient (Wildman–Crippen LogP) is 4.42. The van der Waals surface area contributed by atoms with Gasteiger partial charge in [0.1, 0.15) is 0 Å². The zero-order valence-electron chi connectivity index (χ0n) is 13.4. The van der Waals surface area contributed by atoms with Gasteiger partial charge in [0.05, 0.1) is 16.5 Å². The number of carbonyl (C=O) groups is 2. The summed E-state index contributed by atoms with van der Waals surface area (Å²) in [5.41, 5.74) is -0.553. The van der Waals surface area contributed by atoms with E-state index in [-0.39, 0.29) is 5.75 Å². The Hall–Kier alpha value is -2.19. The number of thioether (sulfide) groups is 1. The van der Waals surface area contributed by atoms with Crippen LogP contribution >= 0.6 is 23.4 Å². The zero-order chi connectivity index (χ0) is 19.3. The van der Waals surface area contributed by atoms with Crippen LogP contribution in [-0.2, 0) is 14.3 Å². The van der Waals surface area contributed by atoms with E-state index >= 15 is 0 Å². The molecule has 1 atom stereocenters. The first-order valence-electron chi connectivity index (χ1n) is 7.30. The van der Waals surface area contributed by atoms with Crippen LogP contribution in [0.2, 0.25) is 5.02 Å². The largest absolute Gasteiger partial charge is 0.452 e. The fourth-order valence-electron chi connectivity index (χ4n) is 1.84. The minimum absolute atomic E-state index is 0.0963. The van der Waals surface area contributed by atoms with E-state index in [0.717, 1.165) is 17.8 Å². The Morgan fingerprint density at radius 3 is 2.54 bits per heavy atom. The van der Waals surface area contributed by atoms with E-state index in [4.69, 9.17) is 16.3 Å². The second-order valence-corrected chi connectivity index (χ2v) is 6.49. The van der Waals surface area contributed by atoms with Crippen LogP contribution in [0, 0.1) is 17.5 Å². The molecule has 0 fully saturated rings. The van der Waals surface area contributed by atoms with Crippen molar-refractivity contribution in [3.05, 3.63) is 58.9 Å². The number of hydrogen-bond donors (Lipinski definition) is 1. The van der Waals surface area contributed by atoms with E-state index in [1.807, 2.05) is 5.32 Å². The van der Waals surface area contributed by atoms with Crippen molar-refractivity contribution >= 4 is 40.9 Å². The van der Waals surface area contributed by atoms with Crippen molar-refractivity contribution in [3.8, 4) is 0 Å². The fourth-order valence-corrected chi connectivity index (χ4v) is 2.86. The van der Waals surface area contributed by atoms with Crippen molar-refractivity contribution in [2.24, 2.45) is 0 Å². The SMILES string of the molecule is CC(OC(=O)CSc1ccccc1Cl)C(=O)Nc1ccc(F)c(F)c1F. The summed E-state index contributed by atoms with van der Waals surface area (Å²) in [6.45, 7) is 1.27. The van der Waals surface area contributed by atoms with Crippen LogP contribution in [0.25, 0.3) is 0 Å². The smallest absolute Gasteiger partial charge is 0.317 e. The highest BCUT2D eigenvalue weighted by atomic mass is 35.5. The van der Waals surface area contributed by atoms with E-state index in [9.17, 15) is 22.8 Å². The van der Waals surface area contributed by atoms with Gasteiger partial charge in [-0.25, -0.2) is 13.2 Å². The highest BCUT2D eigenvalue weighted by Crippen LogP contribution is 2.26. The molecule has 9 heteroatoms. The molecular formula is C17H13ClF3NO3S. The van der Waals surface area contributed by atoms with Crippen molar-refractivity contribution in [2.45, 2.75) is 17.9 Å². The van der Waals surface area contributed by atoms with Gasteiger partial charge >= 0.3 is 5.97 Å². The molecule has 0 aromatic heterocycles. The average molecular weight is 404 g/mol. The van der Waals surface area contributed by atoms with Crippen LogP contribution in [0.15, 0.2) is 41.3 Å². The first-order valence-corrected chi connectivity index (χ1v) is 8.67. The number of halogens is 4. The van der Waals surface area contributed by atoms with Gasteiger partial charge in [-0.2, -0.15) is 0 Å². The minimum Gasteiger partial charge on any atom is -0.452 e. The van der Waals surface area contributed by atoms with Crippen LogP contribution in [0.4, 0.5) is 18.9 Å². The predicted molar refractivity (Wildman–Crippen MR) is 92.7 cm³/mol. The lowest BCUT2D eigenvalue weighted by atomic mass is 10.2. The first-order chi connectivity index (χ1) is 12.3. The van der Waals surface area contributed by atoms with Crippen LogP contribution in [-0.4, -0.2) is 23.7 Å². The van der Waals surface area contributed by atoms with Gasteiger partial charge in [0.15, 0.2) is 23.6 Å². The number of benzene rings is 2. The Morgan fingerprint density at radius 2 is 1.85 bits per heavy atom. The summed E-state index contributed by atoms with van der Waals surface area (Å²) in [4.78, 5) is 24.4. The van der Waals surface area contributed by atoms with Gasteiger partial charge in [-0.3, -0.25) is 9.59 Å². The maximum atomic E-state index is 13.5. The number of nitrogens with one attached hydrogen (secondary N) is 1. The third kappa shape index (κ3) is 5.15. The highest BCUT2D eigenvalue weighted by molar-refractivity contribution is 8.00. The van der Waals surface area contributed by atoms with Gasteiger partial charge < -0.3 is 10.1 Å². The third-order valence-electron chi connectivity index (χ3n) is 3.15. The lowest BCUT2D eigenvalue weighted by Crippen LogP contribution is -2.31. The molecule has 0 aliphatic heterocycles. The molecule has 0 saturated heterocycles. The summed E-state index contributed by atoms with van der Waals surface area (Å²) in [6.07, 6.45) is -1.26. The molecular weight excluding hydrogens is 391 g/mol. The number of amides is 1. The molecule has 0 aliphatic carbocycles. The molecule has 1 unspecified atom stereocenters. The van der Waals surface area contributed by atoms with Crippen molar-refractivity contribution in [1.82, 2.24) is 0 Å². The number of carbonyl (C=O) groups excluding carboxylic acids is 2. The molecule has 2 aromatic rings. The Labute approximate surface area is 156 Å². The Balaban J connectivity index is 1.89. The molecule has 26 heavy (non-hydrogen) atoms. The molecule has 2 aromatic carbocycles. The molecule has 138 valence electrons. The highest BCUT2D eigenvalue weighted by Gasteiger charge is 2.21. The van der Waals surface area contributed by atoms with Crippen LogP contribution < -0.4 is 5.32 Å². The van der Waals surface area contributed by atoms with Gasteiger partial charge in [-0.15, -0.1) is 11.8 Å². The maximum absolute atomic E-state index is 13.5. The third-order valence-corrected chi connectivity index (χ3v) is 4.64. The number of rotatable bonds is 6. The van der Waals surface area contributed by atoms with E-state index in [0.29, 0.717) is 16.0 Å². The van der Waals surface area contributed by atoms with E-state index in [2.05, 4.69) is 0 Å². The quantitative estimate of drug-likeness (QED) is 0.440. The Morgan fingerprint density at radius 1 is 1.15 bits per heavy atom. The number of ether oxygens (including phenoxy) is 1. The van der Waals surface area contributed by atoms with E-state index in [1.165, 1.54) is 6.92 Å². The summed E-state index contributed by atoms with van der Waals surface area (Å²) in [6, 6.07) is 8.43. The molecule has 1 N–H and O–H groups in total. The molecule has 0 aliphatic rings. The summed E-state index contributed by atoms with van der Waals surface area (Å²) in [5, 5.41) is 2.52. The summed E-state index contributed by atoms with van der Waals surface area (Å²) in [7, 11) is 0. The number of hydrogen-bond acceptors (Lipinski definition) is 4. The standard InChI is InChI=1S/C17H13ClF3NO3S/c1-9(17(24)22-12-7-6-11(19)15(20)16(12)21)25-14(23)8-26-13-5-3-2-4-10(13)18/h2-7,9H,8H2,1H3,(H,22,24). The molecule has 4 nitrogen and oxygen atoms in total. The van der Waals surface area contributed by atoms with Gasteiger partial charge in [0.25, 0.3) is 5.91 Å². The molecule has 0 radical (unpaired) electrons. The first kappa shape index (κ1) is 20.1. The van der Waals surface area contributed by atoms with Gasteiger partial charge in [-0.05, 0) is 31.2 Å². The second kappa shape index (κ2) is 8.95. The number of anilines is 1. The fraction of sp³-hybridized carbons (Fsp3) is 0.176. The second-order valence-electron chi connectivity index (χ2n) is 5.06. The maximum Gasteiger partial charge on any atom is 0.317 e. The van der Waals surface area contributed by atoms with E-state index < -0.39 is 41.1 Å². The summed E-state index contributed by atoms with van der Waals surface area (Å²) >= 11 is 7.09. The molecule has 0 saturated carbocycles. The molecule has 0 bridgehead atoms.